The van der Waals surface area contributed by atoms with Crippen molar-refractivity contribution in [3.8, 4) is 0 Å². The predicted octanol–water partition coefficient (Wildman–Crippen LogP) is 9.64. The van der Waals surface area contributed by atoms with Gasteiger partial charge in [-0.1, -0.05) is 111 Å². The lowest BCUT2D eigenvalue weighted by Gasteiger charge is -2.22. The molecule has 48 heavy (non-hydrogen) atoms. The molecule has 0 heterocycles. The van der Waals surface area contributed by atoms with Crippen LogP contribution in [0.2, 0.25) is 0 Å². The van der Waals surface area contributed by atoms with Crippen LogP contribution < -0.4 is 4.72 Å². The van der Waals surface area contributed by atoms with Crippen molar-refractivity contribution in [3.63, 3.8) is 0 Å². The van der Waals surface area contributed by atoms with E-state index in [0.717, 1.165) is 148 Å². The third kappa shape index (κ3) is 26.6. The quantitative estimate of drug-likeness (QED) is 0.0513. The average molecular weight is 701 g/mol. The van der Waals surface area contributed by atoms with Crippen LogP contribution in [0.3, 0.4) is 0 Å². The third-order valence-electron chi connectivity index (χ3n) is 9.45. The Hall–Kier alpha value is -1.19. The lowest BCUT2D eigenvalue weighted by Crippen LogP contribution is -2.32. The lowest BCUT2D eigenvalue weighted by atomic mass is 10.1. The molecular formula is C39H76N2O6S. The molecule has 1 N–H and O–H groups in total. The maximum Gasteiger partial charge on any atom is 0.306 e. The van der Waals surface area contributed by atoms with Crippen LogP contribution in [0.25, 0.3) is 0 Å². The number of nitrogens with one attached hydrogen (secondary N) is 1. The summed E-state index contributed by atoms with van der Waals surface area (Å²) in [5, 5.41) is -0.166. The fourth-order valence-electron chi connectivity index (χ4n) is 6.14. The topological polar surface area (TPSA) is 102 Å². The Bertz CT molecular complexity index is 880. The second kappa shape index (κ2) is 30.6. The molecule has 0 spiro atoms. The van der Waals surface area contributed by atoms with Gasteiger partial charge in [0.15, 0.2) is 0 Å². The molecule has 284 valence electrons. The molecule has 0 aromatic carbocycles. The van der Waals surface area contributed by atoms with Crippen molar-refractivity contribution >= 4 is 22.0 Å². The summed E-state index contributed by atoms with van der Waals surface area (Å²) >= 11 is 0. The zero-order valence-electron chi connectivity index (χ0n) is 31.6. The molecule has 9 heteroatoms. The molecule has 0 saturated heterocycles. The van der Waals surface area contributed by atoms with E-state index in [-0.39, 0.29) is 23.3 Å². The number of hydrogen-bond donors (Lipinski definition) is 1. The molecule has 1 unspecified atom stereocenters. The van der Waals surface area contributed by atoms with Gasteiger partial charge >= 0.3 is 11.9 Å². The highest BCUT2D eigenvalue weighted by atomic mass is 32.2. The number of unbranched alkanes of at least 4 members (excludes halogenated alkanes) is 15. The fraction of sp³-hybridized carbons (Fsp3) is 0.949. The highest BCUT2D eigenvalue weighted by molar-refractivity contribution is 7.90. The summed E-state index contributed by atoms with van der Waals surface area (Å²) in [4.78, 5) is 26.9. The van der Waals surface area contributed by atoms with Crippen molar-refractivity contribution < 1.29 is 27.5 Å². The van der Waals surface area contributed by atoms with Crippen LogP contribution in [-0.4, -0.2) is 69.4 Å². The summed E-state index contributed by atoms with van der Waals surface area (Å²) in [6.07, 6.45) is 27.9. The van der Waals surface area contributed by atoms with Gasteiger partial charge in [-0.05, 0) is 90.3 Å². The molecule has 1 saturated carbocycles. The first-order chi connectivity index (χ1) is 23.3. The zero-order valence-corrected chi connectivity index (χ0v) is 32.4. The fourth-order valence-corrected chi connectivity index (χ4v) is 7.56. The first kappa shape index (κ1) is 44.8. The van der Waals surface area contributed by atoms with Gasteiger partial charge in [0.05, 0.1) is 11.9 Å². The van der Waals surface area contributed by atoms with Gasteiger partial charge in [0.25, 0.3) is 0 Å². The van der Waals surface area contributed by atoms with Crippen molar-refractivity contribution in [1.82, 2.24) is 9.62 Å². The normalized spacial score (nSPS) is 14.0. The second-order valence-corrected chi connectivity index (χ2v) is 16.3. The molecular weight excluding hydrogens is 625 g/mol. The highest BCUT2D eigenvalue weighted by Gasteiger charge is 2.35. The number of carbonyl (C=O) groups is 2. The molecule has 0 aromatic rings. The van der Waals surface area contributed by atoms with E-state index in [1.165, 1.54) is 32.1 Å². The molecule has 0 radical (unpaired) electrons. The van der Waals surface area contributed by atoms with Crippen molar-refractivity contribution in [2.45, 2.75) is 205 Å². The number of hydrogen-bond acceptors (Lipinski definition) is 7. The average Bonchev–Trinajstić information content (AvgIpc) is 3.93. The van der Waals surface area contributed by atoms with E-state index in [1.807, 2.05) is 0 Å². The van der Waals surface area contributed by atoms with Crippen LogP contribution in [0.4, 0.5) is 0 Å². The van der Waals surface area contributed by atoms with Gasteiger partial charge < -0.3 is 14.4 Å². The van der Waals surface area contributed by atoms with Crippen LogP contribution >= 0.6 is 0 Å². The third-order valence-corrected chi connectivity index (χ3v) is 11.4. The highest BCUT2D eigenvalue weighted by Crippen LogP contribution is 2.27. The number of sulfonamides is 1. The minimum Gasteiger partial charge on any atom is -0.466 e. The number of esters is 2. The van der Waals surface area contributed by atoms with E-state index in [1.54, 1.807) is 0 Å². The van der Waals surface area contributed by atoms with Gasteiger partial charge in [0.2, 0.25) is 10.0 Å². The SMILES string of the molecule is CCCCCCCOC(=O)CCCCCCCN(CCCCCCCC(=O)OC(CCCC)CCCCC)CCCNS(=O)(=O)C1CC1. The van der Waals surface area contributed by atoms with E-state index in [2.05, 4.69) is 30.4 Å². The number of rotatable bonds is 36. The summed E-state index contributed by atoms with van der Waals surface area (Å²) < 4.78 is 38.4. The first-order valence-electron chi connectivity index (χ1n) is 20.4. The maximum atomic E-state index is 12.5. The second-order valence-electron chi connectivity index (χ2n) is 14.3. The Morgan fingerprint density at radius 1 is 0.625 bits per heavy atom. The van der Waals surface area contributed by atoms with Crippen molar-refractivity contribution in [3.05, 3.63) is 0 Å². The molecule has 8 nitrogen and oxygen atoms in total. The Morgan fingerprint density at radius 2 is 1.12 bits per heavy atom. The Morgan fingerprint density at radius 3 is 1.75 bits per heavy atom. The van der Waals surface area contributed by atoms with Crippen LogP contribution in [0, 0.1) is 0 Å². The first-order valence-corrected chi connectivity index (χ1v) is 21.9. The van der Waals surface area contributed by atoms with Crippen LogP contribution in [0.5, 0.6) is 0 Å². The van der Waals surface area contributed by atoms with Gasteiger partial charge in [0.1, 0.15) is 6.10 Å². The van der Waals surface area contributed by atoms with E-state index in [0.29, 0.717) is 26.0 Å². The van der Waals surface area contributed by atoms with Crippen molar-refractivity contribution in [2.75, 3.05) is 32.8 Å². The van der Waals surface area contributed by atoms with Gasteiger partial charge in [-0.2, -0.15) is 0 Å². The van der Waals surface area contributed by atoms with E-state index in [4.69, 9.17) is 9.47 Å². The minimum absolute atomic E-state index is 0.0239. The Balaban J connectivity index is 2.24. The van der Waals surface area contributed by atoms with Gasteiger partial charge in [-0.15, -0.1) is 0 Å². The molecule has 1 fully saturated rings. The number of ether oxygens (including phenoxy) is 2. The van der Waals surface area contributed by atoms with Crippen molar-refractivity contribution in [2.24, 2.45) is 0 Å². The van der Waals surface area contributed by atoms with E-state index < -0.39 is 10.0 Å². The monoisotopic (exact) mass is 701 g/mol. The van der Waals surface area contributed by atoms with Crippen LogP contribution in [0.1, 0.15) is 194 Å². The molecule has 1 rings (SSSR count). The number of nitrogens with zero attached hydrogens (tertiary/aromatic N) is 1. The van der Waals surface area contributed by atoms with Gasteiger partial charge in [-0.25, -0.2) is 13.1 Å². The standard InChI is InChI=1S/C39H76N2O6S/c1-4-7-10-17-23-35-46-38(42)27-19-13-11-15-21-32-41(34-24-31-40-48(44,45)37-29-30-37)33-22-16-12-14-20-28-39(43)47-36(25-9-6-3)26-18-8-5-2/h36-37,40H,4-35H2,1-3H3. The molecule has 1 atom stereocenters. The van der Waals surface area contributed by atoms with E-state index >= 15 is 0 Å². The van der Waals surface area contributed by atoms with Crippen LogP contribution in [0.15, 0.2) is 0 Å². The van der Waals surface area contributed by atoms with Gasteiger partial charge in [0, 0.05) is 19.4 Å². The molecule has 0 aliphatic heterocycles. The largest absolute Gasteiger partial charge is 0.466 e. The molecule has 0 bridgehead atoms. The lowest BCUT2D eigenvalue weighted by molar-refractivity contribution is -0.150. The predicted molar refractivity (Wildman–Crippen MR) is 200 cm³/mol. The van der Waals surface area contributed by atoms with Crippen LogP contribution in [-0.2, 0) is 29.1 Å². The summed E-state index contributed by atoms with van der Waals surface area (Å²) in [6.45, 7) is 10.6. The maximum absolute atomic E-state index is 12.5. The smallest absolute Gasteiger partial charge is 0.306 e. The van der Waals surface area contributed by atoms with Gasteiger partial charge in [-0.3, -0.25) is 9.59 Å². The minimum atomic E-state index is -3.12. The zero-order chi connectivity index (χ0) is 35.1. The summed E-state index contributed by atoms with van der Waals surface area (Å²) in [5.41, 5.74) is 0. The van der Waals surface area contributed by atoms with E-state index in [9.17, 15) is 18.0 Å². The summed E-state index contributed by atoms with van der Waals surface area (Å²) in [6, 6.07) is 0. The number of carbonyl (C=O) groups excluding carboxylic acids is 2. The molecule has 0 amide bonds. The summed E-state index contributed by atoms with van der Waals surface area (Å²) in [7, 11) is -3.12. The van der Waals surface area contributed by atoms with Crippen molar-refractivity contribution in [1.29, 1.82) is 0 Å². The molecule has 1 aliphatic rings. The Labute approximate surface area is 296 Å². The Kier molecular flexibility index (Phi) is 28.6. The molecule has 0 aromatic heterocycles. The molecule has 1 aliphatic carbocycles. The summed E-state index contributed by atoms with van der Waals surface area (Å²) in [5.74, 6) is -0.0769.